The fourth-order valence-corrected chi connectivity index (χ4v) is 5.10. The first-order chi connectivity index (χ1) is 14.7. The van der Waals surface area contributed by atoms with Crippen LogP contribution in [-0.2, 0) is 19.4 Å². The van der Waals surface area contributed by atoms with Crippen molar-refractivity contribution in [3.63, 3.8) is 0 Å². The lowest BCUT2D eigenvalue weighted by atomic mass is 9.97. The van der Waals surface area contributed by atoms with Crippen LogP contribution in [0.2, 0.25) is 0 Å². The van der Waals surface area contributed by atoms with Crippen LogP contribution in [0, 0.1) is 12.3 Å². The van der Waals surface area contributed by atoms with Crippen molar-refractivity contribution in [2.45, 2.75) is 111 Å². The number of carbonyl (C=O) groups is 1. The standard InChI is InChI=1S/C24H40O4S.C2H6/c1-5-6-7-8-9-10-11-12-13-14-19-28-23(25)24(3,4)20-29(26,27)22-17-15-21(2)16-18-22;1-2/h15-18H,5-14,19-20H2,1-4H3;1-2H3. The molecule has 0 aliphatic rings. The zero-order valence-corrected chi connectivity index (χ0v) is 21.7. The van der Waals surface area contributed by atoms with Crippen LogP contribution in [-0.4, -0.2) is 26.7 Å². The highest BCUT2D eigenvalue weighted by molar-refractivity contribution is 7.91. The predicted octanol–water partition coefficient (Wildman–Crippen LogP) is 7.29. The minimum absolute atomic E-state index is 0.249. The van der Waals surface area contributed by atoms with Crippen molar-refractivity contribution in [1.82, 2.24) is 0 Å². The molecule has 0 spiro atoms. The Labute approximate surface area is 192 Å². The third-order valence-corrected chi connectivity index (χ3v) is 7.31. The summed E-state index contributed by atoms with van der Waals surface area (Å²) < 4.78 is 30.6. The van der Waals surface area contributed by atoms with Crippen molar-refractivity contribution in [3.8, 4) is 0 Å². The molecule has 0 N–H and O–H groups in total. The number of esters is 1. The van der Waals surface area contributed by atoms with E-state index in [9.17, 15) is 13.2 Å². The summed E-state index contributed by atoms with van der Waals surface area (Å²) in [5.41, 5.74) is -0.0681. The Balaban J connectivity index is 0.00000436. The number of unbranched alkanes of at least 4 members (excludes halogenated alkanes) is 9. The Morgan fingerprint density at radius 1 is 0.839 bits per heavy atom. The van der Waals surface area contributed by atoms with Crippen molar-refractivity contribution in [3.05, 3.63) is 29.8 Å². The van der Waals surface area contributed by atoms with Gasteiger partial charge in [0.25, 0.3) is 0 Å². The van der Waals surface area contributed by atoms with Crippen LogP contribution in [0.25, 0.3) is 0 Å². The smallest absolute Gasteiger partial charge is 0.312 e. The topological polar surface area (TPSA) is 60.4 Å². The molecule has 4 nitrogen and oxygen atoms in total. The summed E-state index contributed by atoms with van der Waals surface area (Å²) in [5.74, 6) is -0.691. The summed E-state index contributed by atoms with van der Waals surface area (Å²) in [7, 11) is -3.53. The van der Waals surface area contributed by atoms with Gasteiger partial charge in [-0.25, -0.2) is 8.42 Å². The van der Waals surface area contributed by atoms with E-state index in [0.717, 1.165) is 24.8 Å². The summed E-state index contributed by atoms with van der Waals surface area (Å²) in [6.45, 7) is 11.8. The molecular formula is C26H46O4S. The lowest BCUT2D eigenvalue weighted by Gasteiger charge is -2.22. The summed E-state index contributed by atoms with van der Waals surface area (Å²) in [6, 6.07) is 6.72. The van der Waals surface area contributed by atoms with Gasteiger partial charge in [0.1, 0.15) is 0 Å². The highest BCUT2D eigenvalue weighted by atomic mass is 32.2. The first-order valence-corrected chi connectivity index (χ1v) is 13.8. The number of ether oxygens (including phenoxy) is 1. The van der Waals surface area contributed by atoms with Crippen molar-refractivity contribution < 1.29 is 17.9 Å². The van der Waals surface area contributed by atoms with Gasteiger partial charge in [-0.3, -0.25) is 4.79 Å². The van der Waals surface area contributed by atoms with Gasteiger partial charge in [-0.1, -0.05) is 96.3 Å². The average Bonchev–Trinajstić information content (AvgIpc) is 2.73. The van der Waals surface area contributed by atoms with E-state index in [4.69, 9.17) is 4.74 Å². The molecule has 1 aromatic rings. The molecule has 1 rings (SSSR count). The third-order valence-electron chi connectivity index (χ3n) is 5.21. The number of benzene rings is 1. The maximum atomic E-state index is 12.6. The first-order valence-electron chi connectivity index (χ1n) is 12.2. The highest BCUT2D eigenvalue weighted by Crippen LogP contribution is 2.25. The van der Waals surface area contributed by atoms with Crippen molar-refractivity contribution in [2.24, 2.45) is 5.41 Å². The largest absolute Gasteiger partial charge is 0.465 e. The summed E-state index contributed by atoms with van der Waals surface area (Å²) in [5, 5.41) is 0. The van der Waals surface area contributed by atoms with E-state index in [1.807, 2.05) is 20.8 Å². The highest BCUT2D eigenvalue weighted by Gasteiger charge is 2.35. The van der Waals surface area contributed by atoms with Gasteiger partial charge in [0.05, 0.1) is 22.7 Å². The fraction of sp³-hybridized carbons (Fsp3) is 0.731. The molecule has 0 saturated heterocycles. The van der Waals surface area contributed by atoms with E-state index in [1.54, 1.807) is 38.1 Å². The quantitative estimate of drug-likeness (QED) is 0.206. The summed E-state index contributed by atoms with van der Waals surface area (Å²) in [6.07, 6.45) is 12.2. The minimum Gasteiger partial charge on any atom is -0.465 e. The Morgan fingerprint density at radius 3 is 1.77 bits per heavy atom. The van der Waals surface area contributed by atoms with Crippen LogP contribution in [0.3, 0.4) is 0 Å². The second-order valence-corrected chi connectivity index (χ2v) is 10.8. The van der Waals surface area contributed by atoms with E-state index in [1.165, 1.54) is 44.9 Å². The summed E-state index contributed by atoms with van der Waals surface area (Å²) in [4.78, 5) is 12.7. The molecule has 180 valence electrons. The van der Waals surface area contributed by atoms with Gasteiger partial charge < -0.3 is 4.74 Å². The molecule has 0 saturated carbocycles. The van der Waals surface area contributed by atoms with Gasteiger partial charge in [-0.2, -0.15) is 0 Å². The van der Waals surface area contributed by atoms with Crippen molar-refractivity contribution >= 4 is 15.8 Å². The fourth-order valence-electron chi connectivity index (χ4n) is 3.31. The Morgan fingerprint density at radius 2 is 1.29 bits per heavy atom. The number of rotatable bonds is 15. The van der Waals surface area contributed by atoms with Gasteiger partial charge >= 0.3 is 5.97 Å². The van der Waals surface area contributed by atoms with Crippen LogP contribution < -0.4 is 0 Å². The molecule has 5 heteroatoms. The number of carbonyl (C=O) groups excluding carboxylic acids is 1. The SMILES string of the molecule is CC.CCCCCCCCCCCCOC(=O)C(C)(C)CS(=O)(=O)c1ccc(C)cc1. The van der Waals surface area contributed by atoms with E-state index in [2.05, 4.69) is 6.92 Å². The van der Waals surface area contributed by atoms with Crippen LogP contribution in [0.15, 0.2) is 29.2 Å². The zero-order chi connectivity index (χ0) is 23.8. The van der Waals surface area contributed by atoms with Gasteiger partial charge in [0, 0.05) is 0 Å². The van der Waals surface area contributed by atoms with E-state index in [-0.39, 0.29) is 10.6 Å². The summed E-state index contributed by atoms with van der Waals surface area (Å²) >= 11 is 0. The maximum Gasteiger partial charge on any atom is 0.312 e. The zero-order valence-electron chi connectivity index (χ0n) is 20.8. The first kappa shape index (κ1) is 29.6. The predicted molar refractivity (Wildman–Crippen MR) is 131 cm³/mol. The molecule has 0 heterocycles. The molecule has 0 aliphatic heterocycles. The normalized spacial score (nSPS) is 11.5. The molecular weight excluding hydrogens is 408 g/mol. The second-order valence-electron chi connectivity index (χ2n) is 8.77. The van der Waals surface area contributed by atoms with Crippen LogP contribution >= 0.6 is 0 Å². The van der Waals surface area contributed by atoms with Crippen molar-refractivity contribution in [1.29, 1.82) is 0 Å². The lowest BCUT2D eigenvalue weighted by molar-refractivity contribution is -0.152. The van der Waals surface area contributed by atoms with E-state index < -0.39 is 21.2 Å². The molecule has 0 amide bonds. The molecule has 0 aromatic heterocycles. The average molecular weight is 455 g/mol. The Hall–Kier alpha value is -1.36. The molecule has 0 fully saturated rings. The number of hydrogen-bond acceptors (Lipinski definition) is 4. The van der Waals surface area contributed by atoms with Gasteiger partial charge in [-0.15, -0.1) is 0 Å². The lowest BCUT2D eigenvalue weighted by Crippen LogP contribution is -2.34. The minimum atomic E-state index is -3.53. The molecule has 31 heavy (non-hydrogen) atoms. The van der Waals surface area contributed by atoms with E-state index in [0.29, 0.717) is 6.61 Å². The number of hydrogen-bond donors (Lipinski definition) is 0. The van der Waals surface area contributed by atoms with E-state index >= 15 is 0 Å². The van der Waals surface area contributed by atoms with Crippen LogP contribution in [0.5, 0.6) is 0 Å². The van der Waals surface area contributed by atoms with Gasteiger partial charge in [0.15, 0.2) is 9.84 Å². The number of sulfone groups is 1. The monoisotopic (exact) mass is 454 g/mol. The van der Waals surface area contributed by atoms with Crippen molar-refractivity contribution in [2.75, 3.05) is 12.4 Å². The molecule has 0 radical (unpaired) electrons. The Kier molecular flexibility index (Phi) is 15.6. The molecule has 0 unspecified atom stereocenters. The molecule has 1 aromatic carbocycles. The Bertz CT molecular complexity index is 691. The second kappa shape index (κ2) is 16.3. The van der Waals surface area contributed by atoms with Crippen LogP contribution in [0.4, 0.5) is 0 Å². The molecule has 0 atom stereocenters. The van der Waals surface area contributed by atoms with Gasteiger partial charge in [-0.05, 0) is 39.3 Å². The third kappa shape index (κ3) is 12.9. The maximum absolute atomic E-state index is 12.6. The molecule has 0 bridgehead atoms. The molecule has 0 aliphatic carbocycles. The van der Waals surface area contributed by atoms with Gasteiger partial charge in [0.2, 0.25) is 0 Å². The van der Waals surface area contributed by atoms with Crippen LogP contribution in [0.1, 0.15) is 104 Å². The number of aryl methyl sites for hydroxylation is 1.